The molecule has 2 heterocycles. The number of aromatic nitrogens is 2. The Labute approximate surface area is 110 Å². The molecule has 1 aromatic heterocycles. The molecule has 2 rings (SSSR count). The minimum absolute atomic E-state index is 0.00789. The molecular formula is C10H15ClN4OS. The van der Waals surface area contributed by atoms with Crippen molar-refractivity contribution in [1.29, 1.82) is 0 Å². The molecule has 0 spiro atoms. The first-order chi connectivity index (χ1) is 8.31. The maximum atomic E-state index is 12.1. The summed E-state index contributed by atoms with van der Waals surface area (Å²) in [7, 11) is 0. The predicted octanol–water partition coefficient (Wildman–Crippen LogP) is 0.925. The van der Waals surface area contributed by atoms with Crippen LogP contribution in [0.3, 0.4) is 0 Å². The number of hydrogen-bond donors (Lipinski definition) is 0. The second-order valence-corrected chi connectivity index (χ2v) is 4.95. The van der Waals surface area contributed by atoms with Gasteiger partial charge in [0.15, 0.2) is 5.69 Å². The zero-order valence-electron chi connectivity index (χ0n) is 9.51. The van der Waals surface area contributed by atoms with Gasteiger partial charge in [-0.1, -0.05) is 4.49 Å². The summed E-state index contributed by atoms with van der Waals surface area (Å²) in [5.41, 5.74) is 0.459. The van der Waals surface area contributed by atoms with Gasteiger partial charge in [0.05, 0.1) is 0 Å². The molecule has 1 amide bonds. The van der Waals surface area contributed by atoms with Crippen molar-refractivity contribution < 1.29 is 4.79 Å². The highest BCUT2D eigenvalue weighted by atomic mass is 35.5. The third kappa shape index (κ3) is 3.37. The highest BCUT2D eigenvalue weighted by Gasteiger charge is 2.21. The van der Waals surface area contributed by atoms with Gasteiger partial charge >= 0.3 is 0 Å². The van der Waals surface area contributed by atoms with E-state index in [0.717, 1.165) is 39.1 Å². The Morgan fingerprint density at radius 1 is 1.41 bits per heavy atom. The number of halogens is 1. The molecule has 0 radical (unpaired) electrons. The van der Waals surface area contributed by atoms with Crippen LogP contribution in [-0.2, 0) is 0 Å². The van der Waals surface area contributed by atoms with E-state index in [2.05, 4.69) is 14.5 Å². The Hall–Kier alpha value is -0.720. The van der Waals surface area contributed by atoms with E-state index >= 15 is 0 Å². The second-order valence-electron chi connectivity index (χ2n) is 3.97. The summed E-state index contributed by atoms with van der Waals surface area (Å²) in [6.07, 6.45) is 0.986. The summed E-state index contributed by atoms with van der Waals surface area (Å²) < 4.78 is 3.72. The van der Waals surface area contributed by atoms with E-state index in [1.807, 2.05) is 4.90 Å². The van der Waals surface area contributed by atoms with Gasteiger partial charge in [-0.3, -0.25) is 4.79 Å². The van der Waals surface area contributed by atoms with Crippen molar-refractivity contribution in [1.82, 2.24) is 19.4 Å². The van der Waals surface area contributed by atoms with Crippen LogP contribution in [0.15, 0.2) is 5.38 Å². The molecule has 0 aromatic carbocycles. The van der Waals surface area contributed by atoms with Crippen LogP contribution in [0.5, 0.6) is 0 Å². The molecule has 1 aliphatic rings. The van der Waals surface area contributed by atoms with Crippen molar-refractivity contribution in [2.75, 3.05) is 38.6 Å². The Bertz CT molecular complexity index is 359. The minimum Gasteiger partial charge on any atom is -0.336 e. The monoisotopic (exact) mass is 274 g/mol. The number of hydrogen-bond acceptors (Lipinski definition) is 5. The van der Waals surface area contributed by atoms with Crippen LogP contribution in [0.2, 0.25) is 0 Å². The molecule has 1 saturated heterocycles. The highest BCUT2D eigenvalue weighted by Crippen LogP contribution is 2.08. The second kappa shape index (κ2) is 6.28. The maximum Gasteiger partial charge on any atom is 0.275 e. The molecule has 7 heteroatoms. The Morgan fingerprint density at radius 2 is 2.29 bits per heavy atom. The van der Waals surface area contributed by atoms with E-state index in [1.165, 1.54) is 11.5 Å². The first-order valence-electron chi connectivity index (χ1n) is 5.66. The third-order valence-corrected chi connectivity index (χ3v) is 3.53. The normalized spacial score (nSPS) is 18.1. The molecule has 0 saturated carbocycles. The topological polar surface area (TPSA) is 49.3 Å². The molecule has 0 bridgehead atoms. The smallest absolute Gasteiger partial charge is 0.275 e. The van der Waals surface area contributed by atoms with E-state index in [-0.39, 0.29) is 5.91 Å². The fourth-order valence-corrected chi connectivity index (χ4v) is 2.61. The average Bonchev–Trinajstić information content (AvgIpc) is 2.76. The van der Waals surface area contributed by atoms with E-state index < -0.39 is 0 Å². The van der Waals surface area contributed by atoms with Crippen molar-refractivity contribution in [3.05, 3.63) is 11.1 Å². The molecule has 17 heavy (non-hydrogen) atoms. The zero-order chi connectivity index (χ0) is 12.1. The van der Waals surface area contributed by atoms with Gasteiger partial charge < -0.3 is 9.80 Å². The molecule has 0 atom stereocenters. The van der Waals surface area contributed by atoms with E-state index in [9.17, 15) is 4.79 Å². The predicted molar refractivity (Wildman–Crippen MR) is 67.6 cm³/mol. The van der Waals surface area contributed by atoms with Crippen LogP contribution in [0.4, 0.5) is 0 Å². The lowest BCUT2D eigenvalue weighted by atomic mass is 10.3. The van der Waals surface area contributed by atoms with Gasteiger partial charge in [-0.15, -0.1) is 16.7 Å². The van der Waals surface area contributed by atoms with Crippen LogP contribution in [-0.4, -0.2) is 63.9 Å². The molecule has 1 fully saturated rings. The zero-order valence-corrected chi connectivity index (χ0v) is 11.1. The number of alkyl halides is 1. The van der Waals surface area contributed by atoms with Gasteiger partial charge in [0.2, 0.25) is 0 Å². The van der Waals surface area contributed by atoms with E-state index in [1.54, 1.807) is 5.38 Å². The number of nitrogens with zero attached hydrogens (tertiary/aromatic N) is 4. The lowest BCUT2D eigenvalue weighted by Crippen LogP contribution is -2.35. The van der Waals surface area contributed by atoms with Crippen LogP contribution >= 0.6 is 23.1 Å². The van der Waals surface area contributed by atoms with E-state index in [0.29, 0.717) is 11.6 Å². The highest BCUT2D eigenvalue weighted by molar-refractivity contribution is 7.03. The summed E-state index contributed by atoms with van der Waals surface area (Å²) in [5, 5.41) is 5.52. The lowest BCUT2D eigenvalue weighted by molar-refractivity contribution is 0.0756. The minimum atomic E-state index is -0.00789. The van der Waals surface area contributed by atoms with E-state index in [4.69, 9.17) is 11.6 Å². The van der Waals surface area contributed by atoms with Crippen LogP contribution in [0.1, 0.15) is 16.9 Å². The number of carbonyl (C=O) groups is 1. The average molecular weight is 275 g/mol. The maximum absolute atomic E-state index is 12.1. The van der Waals surface area contributed by atoms with Gasteiger partial charge in [0.25, 0.3) is 5.91 Å². The Kier molecular flexibility index (Phi) is 4.70. The summed E-state index contributed by atoms with van der Waals surface area (Å²) in [6.45, 7) is 4.31. The molecule has 94 valence electrons. The number of carbonyl (C=O) groups excluding carboxylic acids is 1. The quantitative estimate of drug-likeness (QED) is 0.770. The summed E-state index contributed by atoms with van der Waals surface area (Å²) >= 11 is 6.94. The molecular weight excluding hydrogens is 260 g/mol. The van der Waals surface area contributed by atoms with Crippen LogP contribution in [0.25, 0.3) is 0 Å². The largest absolute Gasteiger partial charge is 0.336 e. The van der Waals surface area contributed by atoms with Gasteiger partial charge in [-0.05, 0) is 24.5 Å². The first-order valence-corrected chi connectivity index (χ1v) is 7.03. The Balaban J connectivity index is 1.92. The van der Waals surface area contributed by atoms with Gasteiger partial charge in [-0.25, -0.2) is 0 Å². The molecule has 0 aliphatic carbocycles. The summed E-state index contributed by atoms with van der Waals surface area (Å²) in [5.74, 6) is 0.635. The molecule has 0 N–H and O–H groups in total. The molecule has 0 unspecified atom stereocenters. The van der Waals surface area contributed by atoms with Crippen molar-refractivity contribution >= 4 is 29.0 Å². The first kappa shape index (κ1) is 12.7. The molecule has 5 nitrogen and oxygen atoms in total. The number of rotatable bonds is 3. The fourth-order valence-electron chi connectivity index (χ4n) is 1.94. The van der Waals surface area contributed by atoms with Crippen molar-refractivity contribution in [2.45, 2.75) is 6.42 Å². The van der Waals surface area contributed by atoms with Crippen molar-refractivity contribution in [3.8, 4) is 0 Å². The van der Waals surface area contributed by atoms with Gasteiger partial charge in [0, 0.05) is 37.4 Å². The molecule has 1 aliphatic heterocycles. The van der Waals surface area contributed by atoms with Crippen molar-refractivity contribution in [3.63, 3.8) is 0 Å². The van der Waals surface area contributed by atoms with Gasteiger partial charge in [-0.2, -0.15) is 0 Å². The SMILES string of the molecule is O=C(c1csnn1)N1CCCN(CCCl)CC1. The van der Waals surface area contributed by atoms with Crippen LogP contribution < -0.4 is 0 Å². The third-order valence-electron chi connectivity index (χ3n) is 2.86. The lowest BCUT2D eigenvalue weighted by Gasteiger charge is -2.20. The van der Waals surface area contributed by atoms with Crippen LogP contribution in [0, 0.1) is 0 Å². The van der Waals surface area contributed by atoms with Gasteiger partial charge in [0.1, 0.15) is 0 Å². The Morgan fingerprint density at radius 3 is 3.00 bits per heavy atom. The summed E-state index contributed by atoms with van der Waals surface area (Å²) in [4.78, 5) is 16.2. The van der Waals surface area contributed by atoms with Crippen molar-refractivity contribution in [2.24, 2.45) is 0 Å². The molecule has 1 aromatic rings. The standard InChI is InChI=1S/C10H15ClN4OS/c11-2-5-14-3-1-4-15(7-6-14)10(16)9-8-17-13-12-9/h8H,1-7H2. The fraction of sp³-hybridized carbons (Fsp3) is 0.700. The summed E-state index contributed by atoms with van der Waals surface area (Å²) in [6, 6.07) is 0. The number of amides is 1.